The highest BCUT2D eigenvalue weighted by Crippen LogP contribution is 2.36. The lowest BCUT2D eigenvalue weighted by Crippen LogP contribution is -2.39. The third kappa shape index (κ3) is 5.58. The van der Waals surface area contributed by atoms with E-state index < -0.39 is 43.2 Å². The topological polar surface area (TPSA) is 132 Å². The number of amides is 2. The van der Waals surface area contributed by atoms with E-state index in [4.69, 9.17) is 9.47 Å². The Labute approximate surface area is 190 Å². The molecule has 2 aromatic rings. The molecule has 1 aliphatic heterocycles. The number of anilines is 1. The van der Waals surface area contributed by atoms with Gasteiger partial charge in [0.05, 0.1) is 12.3 Å². The molecule has 0 radical (unpaired) electrons. The number of aryl methyl sites for hydroxylation is 1. The maximum Gasteiger partial charge on any atom is 0.422 e. The van der Waals surface area contributed by atoms with Gasteiger partial charge in [-0.25, -0.2) is 9.18 Å². The number of hydrogen-bond acceptors (Lipinski definition) is 7. The van der Waals surface area contributed by atoms with E-state index in [0.717, 1.165) is 23.6 Å². The standard InChI is InChI=1S/C19H22F4N6O5/c1-18(3-4-18)25-17(31)34-11-7-32-15(14(11)20)9-5-12(27-26-9)24-16(30)10-6-13(28-29(10)2)33-8-19(21,22)23/h5-6,11,14-15H,3-4,7-8H2,1-2H3,(H,25,31)(H2,24,26,27,30)/t11-,14-,15-/m0/s1. The Morgan fingerprint density at radius 3 is 2.76 bits per heavy atom. The number of halogens is 4. The van der Waals surface area contributed by atoms with Crippen LogP contribution < -0.4 is 15.4 Å². The third-order valence-electron chi connectivity index (χ3n) is 5.37. The molecule has 2 amide bonds. The summed E-state index contributed by atoms with van der Waals surface area (Å²) in [6.45, 7) is 0.148. The third-order valence-corrected chi connectivity index (χ3v) is 5.37. The number of hydrogen-bond donors (Lipinski definition) is 3. The van der Waals surface area contributed by atoms with Crippen LogP contribution in [0, 0.1) is 0 Å². The highest BCUT2D eigenvalue weighted by atomic mass is 19.4. The van der Waals surface area contributed by atoms with Gasteiger partial charge in [-0.3, -0.25) is 14.6 Å². The molecule has 0 bridgehead atoms. The molecule has 1 saturated heterocycles. The van der Waals surface area contributed by atoms with Crippen LogP contribution in [-0.2, 0) is 16.5 Å². The fourth-order valence-corrected chi connectivity index (χ4v) is 3.27. The van der Waals surface area contributed by atoms with Crippen LogP contribution in [0.15, 0.2) is 12.1 Å². The molecule has 2 aromatic heterocycles. The average molecular weight is 490 g/mol. The first-order chi connectivity index (χ1) is 15.9. The first-order valence-electron chi connectivity index (χ1n) is 10.3. The van der Waals surface area contributed by atoms with Crippen LogP contribution in [0.1, 0.15) is 42.1 Å². The lowest BCUT2D eigenvalue weighted by Gasteiger charge is -2.17. The van der Waals surface area contributed by atoms with Gasteiger partial charge in [0.1, 0.15) is 11.8 Å². The van der Waals surface area contributed by atoms with Gasteiger partial charge < -0.3 is 24.8 Å². The van der Waals surface area contributed by atoms with Gasteiger partial charge in [0, 0.05) is 24.7 Å². The predicted octanol–water partition coefficient (Wildman–Crippen LogP) is 2.39. The zero-order valence-electron chi connectivity index (χ0n) is 18.1. The van der Waals surface area contributed by atoms with Gasteiger partial charge in [-0.2, -0.15) is 18.3 Å². The molecule has 34 heavy (non-hydrogen) atoms. The van der Waals surface area contributed by atoms with Gasteiger partial charge in [0.15, 0.2) is 24.7 Å². The summed E-state index contributed by atoms with van der Waals surface area (Å²) in [5.41, 5.74) is -0.203. The summed E-state index contributed by atoms with van der Waals surface area (Å²) in [6, 6.07) is 2.38. The summed E-state index contributed by atoms with van der Waals surface area (Å²) in [7, 11) is 1.35. The zero-order valence-corrected chi connectivity index (χ0v) is 18.1. The number of rotatable bonds is 7. The number of nitrogens with one attached hydrogen (secondary N) is 3. The summed E-state index contributed by atoms with van der Waals surface area (Å²) in [4.78, 5) is 24.4. The van der Waals surface area contributed by atoms with Crippen LogP contribution in [0.2, 0.25) is 0 Å². The molecule has 0 spiro atoms. The first-order valence-corrected chi connectivity index (χ1v) is 10.3. The van der Waals surface area contributed by atoms with Crippen LogP contribution in [0.5, 0.6) is 5.88 Å². The SMILES string of the molecule is Cn1nc(OCC(F)(F)F)cc1C(=O)Nc1cc([C@@H]2OC[C@H](OC(=O)NC3(C)CC3)[C@@H]2F)[nH]n1. The van der Waals surface area contributed by atoms with Gasteiger partial charge in [0.25, 0.3) is 5.91 Å². The molecule has 1 aliphatic carbocycles. The predicted molar refractivity (Wildman–Crippen MR) is 106 cm³/mol. The summed E-state index contributed by atoms with van der Waals surface area (Å²) < 4.78 is 67.8. The van der Waals surface area contributed by atoms with Crippen LogP contribution in [-0.4, -0.2) is 69.2 Å². The molecule has 3 heterocycles. The average Bonchev–Trinajstić information content (AvgIpc) is 3.08. The van der Waals surface area contributed by atoms with Gasteiger partial charge in [-0.05, 0) is 19.8 Å². The number of carbonyl (C=O) groups excluding carboxylic acids is 2. The van der Waals surface area contributed by atoms with Crippen molar-refractivity contribution in [1.82, 2.24) is 25.3 Å². The second kappa shape index (κ2) is 8.77. The number of alkyl carbamates (subject to hydrolysis) is 1. The summed E-state index contributed by atoms with van der Waals surface area (Å²) in [5.74, 6) is -1.10. The van der Waals surface area contributed by atoms with E-state index in [1.54, 1.807) is 0 Å². The maximum atomic E-state index is 14.8. The van der Waals surface area contributed by atoms with Gasteiger partial charge >= 0.3 is 12.3 Å². The fourth-order valence-electron chi connectivity index (χ4n) is 3.27. The molecule has 11 nitrogen and oxygen atoms in total. The molecule has 3 N–H and O–H groups in total. The van der Waals surface area contributed by atoms with E-state index in [2.05, 4.69) is 30.7 Å². The molecule has 15 heteroatoms. The van der Waals surface area contributed by atoms with Gasteiger partial charge in [0.2, 0.25) is 5.88 Å². The van der Waals surface area contributed by atoms with Gasteiger partial charge in [-0.15, -0.1) is 5.10 Å². The second-order valence-electron chi connectivity index (χ2n) is 8.39. The summed E-state index contributed by atoms with van der Waals surface area (Å²) in [5, 5.41) is 15.2. The largest absolute Gasteiger partial charge is 0.467 e. The second-order valence-corrected chi connectivity index (χ2v) is 8.39. The molecule has 1 saturated carbocycles. The van der Waals surface area contributed by atoms with E-state index in [1.807, 2.05) is 6.92 Å². The van der Waals surface area contributed by atoms with Crippen molar-refractivity contribution in [3.8, 4) is 5.88 Å². The van der Waals surface area contributed by atoms with E-state index >= 15 is 0 Å². The van der Waals surface area contributed by atoms with Crippen molar-refractivity contribution >= 4 is 17.8 Å². The Morgan fingerprint density at radius 2 is 2.09 bits per heavy atom. The lowest BCUT2D eigenvalue weighted by atomic mass is 10.1. The Morgan fingerprint density at radius 1 is 1.35 bits per heavy atom. The molecular weight excluding hydrogens is 468 g/mol. The van der Waals surface area contributed by atoms with Crippen molar-refractivity contribution < 1.29 is 41.4 Å². The van der Waals surface area contributed by atoms with Crippen molar-refractivity contribution in [2.24, 2.45) is 7.05 Å². The molecule has 4 rings (SSSR count). The van der Waals surface area contributed by atoms with E-state index in [-0.39, 0.29) is 35.2 Å². The van der Waals surface area contributed by atoms with Crippen molar-refractivity contribution in [2.45, 2.75) is 49.9 Å². The van der Waals surface area contributed by atoms with E-state index in [1.165, 1.54) is 13.1 Å². The molecule has 0 unspecified atom stereocenters. The number of ether oxygens (including phenoxy) is 3. The molecule has 3 atom stereocenters. The van der Waals surface area contributed by atoms with Crippen LogP contribution >= 0.6 is 0 Å². The number of H-pyrrole nitrogens is 1. The Bertz CT molecular complexity index is 1070. The Hall–Kier alpha value is -3.36. The van der Waals surface area contributed by atoms with Crippen molar-refractivity contribution in [2.75, 3.05) is 18.5 Å². The quantitative estimate of drug-likeness (QED) is 0.508. The smallest absolute Gasteiger partial charge is 0.422 e. The molecule has 186 valence electrons. The minimum atomic E-state index is -4.55. The Balaban J connectivity index is 1.33. The normalized spacial score (nSPS) is 23.4. The number of alkyl halides is 4. The van der Waals surface area contributed by atoms with E-state index in [0.29, 0.717) is 0 Å². The molecule has 2 fully saturated rings. The number of aromatic nitrogens is 4. The number of aromatic amines is 1. The minimum Gasteiger partial charge on any atom is -0.467 e. The lowest BCUT2D eigenvalue weighted by molar-refractivity contribution is -0.154. The monoisotopic (exact) mass is 490 g/mol. The van der Waals surface area contributed by atoms with E-state index in [9.17, 15) is 27.2 Å². The molecule has 2 aliphatic rings. The zero-order chi connectivity index (χ0) is 24.7. The van der Waals surface area contributed by atoms with Crippen molar-refractivity contribution in [3.63, 3.8) is 0 Å². The first kappa shape index (κ1) is 23.8. The minimum absolute atomic E-state index is 0.0125. The van der Waals surface area contributed by atoms with Crippen LogP contribution in [0.4, 0.5) is 28.2 Å². The van der Waals surface area contributed by atoms with Crippen molar-refractivity contribution in [3.05, 3.63) is 23.5 Å². The van der Waals surface area contributed by atoms with Crippen LogP contribution in [0.25, 0.3) is 0 Å². The highest BCUT2D eigenvalue weighted by Gasteiger charge is 2.44. The number of carbonyl (C=O) groups is 2. The van der Waals surface area contributed by atoms with Crippen LogP contribution in [0.3, 0.4) is 0 Å². The fraction of sp³-hybridized carbons (Fsp3) is 0.579. The highest BCUT2D eigenvalue weighted by molar-refractivity contribution is 6.02. The Kier molecular flexibility index (Phi) is 6.14. The molecule has 0 aromatic carbocycles. The number of nitrogens with zero attached hydrogens (tertiary/aromatic N) is 3. The summed E-state index contributed by atoms with van der Waals surface area (Å²) in [6.07, 6.45) is -7.51. The van der Waals surface area contributed by atoms with Gasteiger partial charge in [-0.1, -0.05) is 0 Å². The van der Waals surface area contributed by atoms with Crippen molar-refractivity contribution in [1.29, 1.82) is 0 Å². The maximum absolute atomic E-state index is 14.8. The summed E-state index contributed by atoms with van der Waals surface area (Å²) >= 11 is 0. The molecular formula is C19H22F4N6O5.